The van der Waals surface area contributed by atoms with Crippen LogP contribution in [-0.2, 0) is 15.8 Å². The Bertz CT molecular complexity index is 1400. The number of nitrogens with two attached hydrogens (primary N) is 1. The van der Waals surface area contributed by atoms with Gasteiger partial charge in [0.2, 0.25) is 26.9 Å². The molecule has 12 heteroatoms. The van der Waals surface area contributed by atoms with Crippen molar-refractivity contribution >= 4 is 21.8 Å². The number of hydrogen-bond acceptors (Lipinski definition) is 9. The van der Waals surface area contributed by atoms with Gasteiger partial charge in [0.1, 0.15) is 0 Å². The summed E-state index contributed by atoms with van der Waals surface area (Å²) in [4.78, 5) is 4.64. The first-order valence-corrected chi connectivity index (χ1v) is 13.1. The second kappa shape index (κ2) is 9.95. The van der Waals surface area contributed by atoms with Gasteiger partial charge in [0.05, 0.1) is 10.6 Å². The van der Waals surface area contributed by atoms with E-state index < -0.39 is 10.0 Å². The van der Waals surface area contributed by atoms with E-state index in [0.717, 1.165) is 11.1 Å². The lowest BCUT2D eigenvalue weighted by Crippen LogP contribution is -2.30. The van der Waals surface area contributed by atoms with E-state index in [1.165, 1.54) is 20.7 Å². The second-order valence-electron chi connectivity index (χ2n) is 7.41. The average Bonchev–Trinajstić information content (AvgIpc) is 3.45. The number of aryl methyl sites for hydroxylation is 1. The van der Waals surface area contributed by atoms with Crippen LogP contribution in [0.3, 0.4) is 0 Å². The highest BCUT2D eigenvalue weighted by Crippen LogP contribution is 2.27. The molecule has 0 radical (unpaired) electrons. The molecule has 0 atom stereocenters. The molecule has 0 unspecified atom stereocenters. The molecule has 4 rings (SSSR count). The number of benzene rings is 2. The van der Waals surface area contributed by atoms with E-state index in [1.54, 1.807) is 38.1 Å². The highest BCUT2D eigenvalue weighted by atomic mass is 32.2. The quantitative estimate of drug-likeness (QED) is 0.272. The minimum Gasteiger partial charge on any atom is -0.338 e. The summed E-state index contributed by atoms with van der Waals surface area (Å²) in [7, 11) is -3.61. The van der Waals surface area contributed by atoms with Gasteiger partial charge in [-0.15, -0.1) is 10.2 Å². The minimum atomic E-state index is -3.61. The summed E-state index contributed by atoms with van der Waals surface area (Å²) in [6, 6.07) is 14.3. The Labute approximate surface area is 202 Å². The van der Waals surface area contributed by atoms with Crippen LogP contribution in [0.4, 0.5) is 0 Å². The number of aromatic nitrogens is 5. The fourth-order valence-corrected chi connectivity index (χ4v) is 5.65. The van der Waals surface area contributed by atoms with Gasteiger partial charge < -0.3 is 10.4 Å². The fraction of sp³-hybridized carbons (Fsp3) is 0.273. The molecular weight excluding hydrogens is 474 g/mol. The lowest BCUT2D eigenvalue weighted by atomic mass is 10.1. The first-order valence-electron chi connectivity index (χ1n) is 10.7. The van der Waals surface area contributed by atoms with Gasteiger partial charge in [-0.25, -0.2) is 13.1 Å². The molecule has 2 N–H and O–H groups in total. The third kappa shape index (κ3) is 4.69. The van der Waals surface area contributed by atoms with E-state index in [1.807, 2.05) is 31.2 Å². The van der Waals surface area contributed by atoms with E-state index >= 15 is 0 Å². The van der Waals surface area contributed by atoms with Crippen LogP contribution in [0.5, 0.6) is 0 Å². The predicted molar refractivity (Wildman–Crippen MR) is 130 cm³/mol. The van der Waals surface area contributed by atoms with Gasteiger partial charge in [0.25, 0.3) is 0 Å². The molecule has 0 aliphatic carbocycles. The Hall–Kier alpha value is -3.22. The zero-order valence-corrected chi connectivity index (χ0v) is 20.7. The van der Waals surface area contributed by atoms with Crippen molar-refractivity contribution in [1.29, 1.82) is 0 Å². The summed E-state index contributed by atoms with van der Waals surface area (Å²) in [6.45, 7) is 6.37. The molecule has 34 heavy (non-hydrogen) atoms. The van der Waals surface area contributed by atoms with Crippen LogP contribution in [0.15, 0.2) is 63.1 Å². The van der Waals surface area contributed by atoms with Gasteiger partial charge in [-0.2, -0.15) is 9.29 Å². The van der Waals surface area contributed by atoms with Crippen molar-refractivity contribution in [3.63, 3.8) is 0 Å². The van der Waals surface area contributed by atoms with Crippen LogP contribution in [0, 0.1) is 6.92 Å². The molecule has 0 spiro atoms. The zero-order chi connectivity index (χ0) is 24.3. The first kappa shape index (κ1) is 23.9. The monoisotopic (exact) mass is 499 g/mol. The smallest absolute Gasteiger partial charge is 0.243 e. The van der Waals surface area contributed by atoms with E-state index in [9.17, 15) is 8.42 Å². The second-order valence-corrected chi connectivity index (χ2v) is 10.3. The molecule has 178 valence electrons. The van der Waals surface area contributed by atoms with Crippen LogP contribution in [0.1, 0.15) is 25.3 Å². The predicted octanol–water partition coefficient (Wildman–Crippen LogP) is 3.34. The van der Waals surface area contributed by atoms with Crippen LogP contribution in [0.25, 0.3) is 22.8 Å². The molecule has 2 aromatic carbocycles. The molecule has 0 fully saturated rings. The number of rotatable bonds is 9. The topological polar surface area (TPSA) is 133 Å². The van der Waals surface area contributed by atoms with E-state index in [0.29, 0.717) is 47.1 Å². The van der Waals surface area contributed by atoms with Gasteiger partial charge in [-0.05, 0) is 24.6 Å². The normalized spacial score (nSPS) is 11.9. The molecule has 2 aromatic heterocycles. The molecule has 2 heterocycles. The highest BCUT2D eigenvalue weighted by Gasteiger charge is 2.23. The standard InChI is InChI=1S/C22H25N7O3S2/c1-4-28(5-2)34(30,31)17-11-8-10-16(13-17)21-25-26-22(29(21)23)33-14-19-24-20(27-32-19)18-12-7-6-9-15(18)3/h6-13H,4-5,14,23H2,1-3H3. The number of nitrogens with zero attached hydrogens (tertiary/aromatic N) is 6. The Morgan fingerprint density at radius 3 is 2.59 bits per heavy atom. The Balaban J connectivity index is 1.52. The fourth-order valence-electron chi connectivity index (χ4n) is 3.45. The lowest BCUT2D eigenvalue weighted by molar-refractivity contribution is 0.391. The van der Waals surface area contributed by atoms with Crippen LogP contribution in [-0.4, -0.2) is 50.8 Å². The Morgan fingerprint density at radius 2 is 1.85 bits per heavy atom. The summed E-state index contributed by atoms with van der Waals surface area (Å²) >= 11 is 1.29. The maximum atomic E-state index is 12.9. The Morgan fingerprint density at radius 1 is 1.09 bits per heavy atom. The molecule has 0 bridgehead atoms. The molecule has 10 nitrogen and oxygen atoms in total. The molecule has 4 aromatic rings. The number of sulfonamides is 1. The third-order valence-electron chi connectivity index (χ3n) is 5.28. The van der Waals surface area contributed by atoms with E-state index in [4.69, 9.17) is 10.4 Å². The van der Waals surface area contributed by atoms with Gasteiger partial charge in [-0.1, -0.05) is 67.2 Å². The number of nitrogen functional groups attached to an aromatic ring is 1. The van der Waals surface area contributed by atoms with Crippen LogP contribution >= 0.6 is 11.8 Å². The minimum absolute atomic E-state index is 0.181. The van der Waals surface area contributed by atoms with Gasteiger partial charge >= 0.3 is 0 Å². The van der Waals surface area contributed by atoms with Gasteiger partial charge in [-0.3, -0.25) is 0 Å². The molecule has 0 aliphatic rings. The molecule has 0 saturated heterocycles. The number of thioether (sulfide) groups is 1. The van der Waals surface area contributed by atoms with Crippen LogP contribution in [0.2, 0.25) is 0 Å². The van der Waals surface area contributed by atoms with Crippen molar-refractivity contribution < 1.29 is 12.9 Å². The summed E-state index contributed by atoms with van der Waals surface area (Å²) < 4.78 is 33.9. The molecule has 0 amide bonds. The first-order chi connectivity index (χ1) is 16.3. The summed E-state index contributed by atoms with van der Waals surface area (Å²) in [6.07, 6.45) is 0. The van der Waals surface area contributed by atoms with E-state index in [2.05, 4.69) is 20.3 Å². The SMILES string of the molecule is CCN(CC)S(=O)(=O)c1cccc(-c2nnc(SCc3nc(-c4ccccc4C)no3)n2N)c1. The Kier molecular flexibility index (Phi) is 7.00. The average molecular weight is 500 g/mol. The highest BCUT2D eigenvalue weighted by molar-refractivity contribution is 7.98. The van der Waals surface area contributed by atoms with Gasteiger partial charge in [0, 0.05) is 24.2 Å². The zero-order valence-electron chi connectivity index (χ0n) is 19.0. The maximum Gasteiger partial charge on any atom is 0.243 e. The van der Waals surface area contributed by atoms with Crippen molar-refractivity contribution in [1.82, 2.24) is 29.3 Å². The summed E-state index contributed by atoms with van der Waals surface area (Å²) in [5.74, 6) is 7.89. The largest absolute Gasteiger partial charge is 0.338 e. The summed E-state index contributed by atoms with van der Waals surface area (Å²) in [5, 5.41) is 12.8. The number of hydrogen-bond donors (Lipinski definition) is 1. The van der Waals surface area contributed by atoms with Crippen molar-refractivity contribution in [2.75, 3.05) is 18.9 Å². The van der Waals surface area contributed by atoms with Crippen molar-refractivity contribution in [2.24, 2.45) is 0 Å². The van der Waals surface area contributed by atoms with Crippen molar-refractivity contribution in [3.05, 3.63) is 60.0 Å². The van der Waals surface area contributed by atoms with Gasteiger partial charge in [0.15, 0.2) is 5.82 Å². The van der Waals surface area contributed by atoms with Crippen molar-refractivity contribution in [3.8, 4) is 22.8 Å². The van der Waals surface area contributed by atoms with Crippen molar-refractivity contribution in [2.45, 2.75) is 36.6 Å². The lowest BCUT2D eigenvalue weighted by Gasteiger charge is -2.18. The molecular formula is C22H25N7O3S2. The molecule has 0 saturated carbocycles. The maximum absolute atomic E-state index is 12.9. The van der Waals surface area contributed by atoms with E-state index in [-0.39, 0.29) is 4.90 Å². The summed E-state index contributed by atoms with van der Waals surface area (Å²) in [5.41, 5.74) is 2.51. The van der Waals surface area contributed by atoms with Crippen LogP contribution < -0.4 is 5.84 Å². The third-order valence-corrected chi connectivity index (χ3v) is 8.25. The molecule has 0 aliphatic heterocycles.